The van der Waals surface area contributed by atoms with Crippen LogP contribution in [0.1, 0.15) is 22.3 Å². The van der Waals surface area contributed by atoms with Gasteiger partial charge >= 0.3 is 0 Å². The van der Waals surface area contributed by atoms with E-state index in [1.54, 1.807) is 7.11 Å². The number of hydrogen-bond donors (Lipinski definition) is 0. The number of para-hydroxylation sites is 1. The minimum atomic E-state index is 0.0213. The maximum atomic E-state index is 12.8. The molecule has 108 valence electrons. The molecule has 4 heteroatoms. The summed E-state index contributed by atoms with van der Waals surface area (Å²) in [5, 5.41) is 0. The summed E-state index contributed by atoms with van der Waals surface area (Å²) in [4.78, 5) is 14.6. The highest BCUT2D eigenvalue weighted by atomic mass is 79.9. The maximum Gasteiger partial charge on any atom is 0.258 e. The van der Waals surface area contributed by atoms with Gasteiger partial charge in [0.25, 0.3) is 5.91 Å². The van der Waals surface area contributed by atoms with Gasteiger partial charge in [0.05, 0.1) is 12.8 Å². The second kappa shape index (κ2) is 5.90. The van der Waals surface area contributed by atoms with Gasteiger partial charge < -0.3 is 9.64 Å². The summed E-state index contributed by atoms with van der Waals surface area (Å²) in [5.74, 6) is 0.783. The second-order valence-corrected chi connectivity index (χ2v) is 5.95. The number of anilines is 1. The van der Waals surface area contributed by atoms with Crippen LogP contribution in [0.2, 0.25) is 0 Å². The molecular formula is C17H16BrNO2. The number of fused-ring (bicyclic) bond motifs is 1. The Bertz CT molecular complexity index is 653. The lowest BCUT2D eigenvalue weighted by molar-refractivity contribution is 0.0984. The molecule has 3 nitrogen and oxygen atoms in total. The minimum Gasteiger partial charge on any atom is -0.495 e. The number of carbonyl (C=O) groups is 1. The largest absolute Gasteiger partial charge is 0.495 e. The number of halogens is 1. The SMILES string of the molecule is COc1cccc2c1N(C(=O)c1ccc(Br)cc1)CCC2. The first kappa shape index (κ1) is 14.1. The molecule has 3 rings (SSSR count). The number of aryl methyl sites for hydroxylation is 1. The van der Waals surface area contributed by atoms with E-state index >= 15 is 0 Å². The van der Waals surface area contributed by atoms with Crippen LogP contribution in [0.4, 0.5) is 5.69 Å². The predicted octanol–water partition coefficient (Wildman–Crippen LogP) is 4.05. The average molecular weight is 346 g/mol. The van der Waals surface area contributed by atoms with Crippen LogP contribution in [-0.2, 0) is 6.42 Å². The van der Waals surface area contributed by atoms with E-state index in [-0.39, 0.29) is 5.91 Å². The Morgan fingerprint density at radius 1 is 1.19 bits per heavy atom. The van der Waals surface area contributed by atoms with Crippen molar-refractivity contribution in [1.82, 2.24) is 0 Å². The molecule has 0 bridgehead atoms. The Balaban J connectivity index is 2.01. The van der Waals surface area contributed by atoms with Gasteiger partial charge in [-0.3, -0.25) is 4.79 Å². The Morgan fingerprint density at radius 3 is 2.67 bits per heavy atom. The molecule has 21 heavy (non-hydrogen) atoms. The van der Waals surface area contributed by atoms with Crippen LogP contribution in [0, 0.1) is 0 Å². The van der Waals surface area contributed by atoms with Gasteiger partial charge in [0, 0.05) is 16.6 Å². The normalized spacial score (nSPS) is 13.7. The number of nitrogens with zero attached hydrogens (tertiary/aromatic N) is 1. The number of hydrogen-bond acceptors (Lipinski definition) is 2. The van der Waals surface area contributed by atoms with E-state index in [0.29, 0.717) is 5.56 Å². The third kappa shape index (κ3) is 2.68. The van der Waals surface area contributed by atoms with E-state index in [2.05, 4.69) is 22.0 Å². The Morgan fingerprint density at radius 2 is 1.95 bits per heavy atom. The molecular weight excluding hydrogens is 330 g/mol. The summed E-state index contributed by atoms with van der Waals surface area (Å²) in [6, 6.07) is 13.4. The van der Waals surface area contributed by atoms with Gasteiger partial charge in [-0.25, -0.2) is 0 Å². The Labute approximate surface area is 132 Å². The third-order valence-corrected chi connectivity index (χ3v) is 4.27. The lowest BCUT2D eigenvalue weighted by Crippen LogP contribution is -2.35. The van der Waals surface area contributed by atoms with E-state index in [0.717, 1.165) is 35.3 Å². The van der Waals surface area contributed by atoms with Gasteiger partial charge in [0.1, 0.15) is 5.75 Å². The summed E-state index contributed by atoms with van der Waals surface area (Å²) in [5.41, 5.74) is 2.78. The van der Waals surface area contributed by atoms with Crippen molar-refractivity contribution >= 4 is 27.5 Å². The summed E-state index contributed by atoms with van der Waals surface area (Å²) in [7, 11) is 1.65. The molecule has 0 saturated carbocycles. The number of carbonyl (C=O) groups excluding carboxylic acids is 1. The lowest BCUT2D eigenvalue weighted by atomic mass is 10.00. The van der Waals surface area contributed by atoms with Gasteiger partial charge in [-0.2, -0.15) is 0 Å². The van der Waals surface area contributed by atoms with Gasteiger partial charge in [-0.15, -0.1) is 0 Å². The second-order valence-electron chi connectivity index (χ2n) is 5.04. The monoisotopic (exact) mass is 345 g/mol. The smallest absolute Gasteiger partial charge is 0.258 e. The molecule has 0 aliphatic carbocycles. The summed E-state index contributed by atoms with van der Waals surface area (Å²) < 4.78 is 6.41. The van der Waals surface area contributed by atoms with Crippen LogP contribution in [0.15, 0.2) is 46.9 Å². The van der Waals surface area contributed by atoms with E-state index in [1.165, 1.54) is 5.56 Å². The number of benzene rings is 2. The van der Waals surface area contributed by atoms with Gasteiger partial charge in [0.15, 0.2) is 0 Å². The van der Waals surface area contributed by atoms with Crippen molar-refractivity contribution in [2.24, 2.45) is 0 Å². The van der Waals surface area contributed by atoms with Crippen molar-refractivity contribution in [1.29, 1.82) is 0 Å². The van der Waals surface area contributed by atoms with Gasteiger partial charge in [0.2, 0.25) is 0 Å². The van der Waals surface area contributed by atoms with Crippen LogP contribution in [-0.4, -0.2) is 19.6 Å². The van der Waals surface area contributed by atoms with E-state index < -0.39 is 0 Å². The predicted molar refractivity (Wildman–Crippen MR) is 87.1 cm³/mol. The van der Waals surface area contributed by atoms with E-state index in [9.17, 15) is 4.79 Å². The summed E-state index contributed by atoms with van der Waals surface area (Å²) in [6.45, 7) is 0.724. The Hall–Kier alpha value is -1.81. The molecule has 1 heterocycles. The third-order valence-electron chi connectivity index (χ3n) is 3.74. The van der Waals surface area contributed by atoms with Crippen LogP contribution >= 0.6 is 15.9 Å². The molecule has 2 aromatic carbocycles. The average Bonchev–Trinajstić information content (AvgIpc) is 2.53. The fourth-order valence-electron chi connectivity index (χ4n) is 2.73. The molecule has 1 aliphatic heterocycles. The van der Waals surface area contributed by atoms with Crippen molar-refractivity contribution in [2.45, 2.75) is 12.8 Å². The highest BCUT2D eigenvalue weighted by molar-refractivity contribution is 9.10. The molecule has 0 aromatic heterocycles. The molecule has 0 atom stereocenters. The molecule has 0 N–H and O–H groups in total. The van der Waals surface area contributed by atoms with Crippen molar-refractivity contribution in [3.63, 3.8) is 0 Å². The quantitative estimate of drug-likeness (QED) is 0.821. The first-order chi connectivity index (χ1) is 10.2. The highest BCUT2D eigenvalue weighted by Gasteiger charge is 2.26. The van der Waals surface area contributed by atoms with Crippen LogP contribution in [0.3, 0.4) is 0 Å². The van der Waals surface area contributed by atoms with Crippen molar-refractivity contribution < 1.29 is 9.53 Å². The molecule has 1 amide bonds. The van der Waals surface area contributed by atoms with Crippen LogP contribution < -0.4 is 9.64 Å². The topological polar surface area (TPSA) is 29.5 Å². The van der Waals surface area contributed by atoms with E-state index in [4.69, 9.17) is 4.74 Å². The zero-order valence-electron chi connectivity index (χ0n) is 11.8. The van der Waals surface area contributed by atoms with Crippen molar-refractivity contribution in [3.8, 4) is 5.75 Å². The molecule has 2 aromatic rings. The first-order valence-corrected chi connectivity index (χ1v) is 7.73. The number of methoxy groups -OCH3 is 1. The molecule has 0 spiro atoms. The maximum absolute atomic E-state index is 12.8. The highest BCUT2D eigenvalue weighted by Crippen LogP contribution is 2.36. The fourth-order valence-corrected chi connectivity index (χ4v) is 3.00. The standard InChI is InChI=1S/C17H16BrNO2/c1-21-15-6-2-4-12-5-3-11-19(16(12)15)17(20)13-7-9-14(18)10-8-13/h2,4,6-10H,3,5,11H2,1H3. The lowest BCUT2D eigenvalue weighted by Gasteiger charge is -2.31. The first-order valence-electron chi connectivity index (χ1n) is 6.94. The van der Waals surface area contributed by atoms with Crippen molar-refractivity contribution in [2.75, 3.05) is 18.6 Å². The van der Waals surface area contributed by atoms with Gasteiger partial charge in [-0.05, 0) is 48.7 Å². The molecule has 0 radical (unpaired) electrons. The van der Waals surface area contributed by atoms with Gasteiger partial charge in [-0.1, -0.05) is 28.1 Å². The Kier molecular flexibility index (Phi) is 3.97. The van der Waals surface area contributed by atoms with Crippen molar-refractivity contribution in [3.05, 3.63) is 58.1 Å². The molecule has 1 aliphatic rings. The number of ether oxygens (including phenoxy) is 1. The van der Waals surface area contributed by atoms with Crippen LogP contribution in [0.25, 0.3) is 0 Å². The summed E-state index contributed by atoms with van der Waals surface area (Å²) in [6.07, 6.45) is 1.96. The number of rotatable bonds is 2. The minimum absolute atomic E-state index is 0.0213. The zero-order chi connectivity index (χ0) is 14.8. The number of amides is 1. The molecule has 0 unspecified atom stereocenters. The molecule has 0 fully saturated rings. The molecule has 0 saturated heterocycles. The zero-order valence-corrected chi connectivity index (χ0v) is 13.4. The van der Waals surface area contributed by atoms with E-state index in [1.807, 2.05) is 41.3 Å². The summed E-state index contributed by atoms with van der Waals surface area (Å²) >= 11 is 3.39. The van der Waals surface area contributed by atoms with Crippen LogP contribution in [0.5, 0.6) is 5.75 Å². The fraction of sp³-hybridized carbons (Fsp3) is 0.235.